The maximum absolute atomic E-state index is 12.7. The molecule has 0 saturated carbocycles. The Morgan fingerprint density at radius 3 is 2.76 bits per heavy atom. The maximum atomic E-state index is 12.7. The second-order valence-corrected chi connectivity index (χ2v) is 5.45. The lowest BCUT2D eigenvalue weighted by atomic mass is 9.94. The standard InChI is InChI=1S/C16H24N2O2.ClH/c1-20-12-13-6-5-9-18(11-13)16(19)15(10-17)14-7-3-2-4-8-14;/h2-4,7-8,13,15H,5-6,9-12,17H2,1H3;1H. The Labute approximate surface area is 133 Å². The lowest BCUT2D eigenvalue weighted by Crippen LogP contribution is -2.44. The second kappa shape index (κ2) is 9.03. The minimum atomic E-state index is -0.225. The van der Waals surface area contributed by atoms with Gasteiger partial charge in [0, 0.05) is 26.7 Å². The van der Waals surface area contributed by atoms with Crippen molar-refractivity contribution in [3.05, 3.63) is 35.9 Å². The van der Waals surface area contributed by atoms with Crippen molar-refractivity contribution in [3.63, 3.8) is 0 Å². The second-order valence-electron chi connectivity index (χ2n) is 5.45. The number of ether oxygens (including phenoxy) is 1. The molecule has 0 spiro atoms. The summed E-state index contributed by atoms with van der Waals surface area (Å²) in [6.45, 7) is 2.70. The molecule has 2 N–H and O–H groups in total. The van der Waals surface area contributed by atoms with Gasteiger partial charge >= 0.3 is 0 Å². The van der Waals surface area contributed by atoms with E-state index in [1.54, 1.807) is 7.11 Å². The number of benzene rings is 1. The van der Waals surface area contributed by atoms with Gasteiger partial charge in [-0.05, 0) is 24.3 Å². The zero-order valence-corrected chi connectivity index (χ0v) is 13.3. The Morgan fingerprint density at radius 2 is 2.14 bits per heavy atom. The van der Waals surface area contributed by atoms with Crippen LogP contribution in [0.5, 0.6) is 0 Å². The third kappa shape index (κ3) is 4.70. The summed E-state index contributed by atoms with van der Waals surface area (Å²) < 4.78 is 5.22. The molecule has 1 aromatic rings. The number of amides is 1. The minimum Gasteiger partial charge on any atom is -0.384 e. The number of nitrogens with zero attached hydrogens (tertiary/aromatic N) is 1. The predicted molar refractivity (Wildman–Crippen MR) is 86.7 cm³/mol. The molecular weight excluding hydrogens is 288 g/mol. The molecule has 1 amide bonds. The quantitative estimate of drug-likeness (QED) is 0.905. The monoisotopic (exact) mass is 312 g/mol. The SMILES string of the molecule is COCC1CCCN(C(=O)C(CN)c2ccccc2)C1.Cl. The van der Waals surface area contributed by atoms with Crippen LogP contribution in [0.3, 0.4) is 0 Å². The van der Waals surface area contributed by atoms with Crippen LogP contribution in [0.4, 0.5) is 0 Å². The highest BCUT2D eigenvalue weighted by Gasteiger charge is 2.28. The molecule has 0 aliphatic carbocycles. The van der Waals surface area contributed by atoms with Gasteiger partial charge in [-0.25, -0.2) is 0 Å². The van der Waals surface area contributed by atoms with Crippen molar-refractivity contribution >= 4 is 18.3 Å². The first-order chi connectivity index (χ1) is 9.76. The molecule has 0 radical (unpaired) electrons. The van der Waals surface area contributed by atoms with Crippen molar-refractivity contribution in [1.29, 1.82) is 0 Å². The molecule has 1 saturated heterocycles. The number of rotatable bonds is 5. The summed E-state index contributed by atoms with van der Waals surface area (Å²) in [5.41, 5.74) is 6.84. The predicted octanol–water partition coefficient (Wildman–Crippen LogP) is 2.04. The lowest BCUT2D eigenvalue weighted by molar-refractivity contribution is -0.134. The molecule has 2 atom stereocenters. The normalized spacial score (nSPS) is 19.7. The van der Waals surface area contributed by atoms with Gasteiger partial charge in [0.25, 0.3) is 0 Å². The van der Waals surface area contributed by atoms with E-state index in [4.69, 9.17) is 10.5 Å². The van der Waals surface area contributed by atoms with Crippen LogP contribution < -0.4 is 5.73 Å². The highest BCUT2D eigenvalue weighted by atomic mass is 35.5. The summed E-state index contributed by atoms with van der Waals surface area (Å²) >= 11 is 0. The number of piperidine rings is 1. The number of carbonyl (C=O) groups is 1. The number of methoxy groups -OCH3 is 1. The Kier molecular flexibility index (Phi) is 7.72. The molecular formula is C16H25ClN2O2. The fraction of sp³-hybridized carbons (Fsp3) is 0.562. The van der Waals surface area contributed by atoms with Gasteiger partial charge in [-0.1, -0.05) is 30.3 Å². The number of nitrogens with two attached hydrogens (primary N) is 1. The van der Waals surface area contributed by atoms with Crippen LogP contribution in [0, 0.1) is 5.92 Å². The first-order valence-corrected chi connectivity index (χ1v) is 7.29. The Hall–Kier alpha value is -1.10. The molecule has 1 fully saturated rings. The largest absolute Gasteiger partial charge is 0.384 e. The fourth-order valence-corrected chi connectivity index (χ4v) is 2.92. The highest BCUT2D eigenvalue weighted by Crippen LogP contribution is 2.22. The number of halogens is 1. The maximum Gasteiger partial charge on any atom is 0.231 e. The molecule has 1 heterocycles. The van der Waals surface area contributed by atoms with E-state index < -0.39 is 0 Å². The molecule has 0 aromatic heterocycles. The van der Waals surface area contributed by atoms with Gasteiger partial charge in [-0.2, -0.15) is 0 Å². The first-order valence-electron chi connectivity index (χ1n) is 7.29. The summed E-state index contributed by atoms with van der Waals surface area (Å²) in [6, 6.07) is 9.82. The smallest absolute Gasteiger partial charge is 0.231 e. The van der Waals surface area contributed by atoms with Crippen molar-refractivity contribution < 1.29 is 9.53 Å². The average Bonchev–Trinajstić information content (AvgIpc) is 2.50. The summed E-state index contributed by atoms with van der Waals surface area (Å²) in [4.78, 5) is 14.6. The minimum absolute atomic E-state index is 0. The number of hydrogen-bond donors (Lipinski definition) is 1. The molecule has 21 heavy (non-hydrogen) atoms. The van der Waals surface area contributed by atoms with Crippen LogP contribution in [0.1, 0.15) is 24.3 Å². The lowest BCUT2D eigenvalue weighted by Gasteiger charge is -2.34. The average molecular weight is 313 g/mol. The van der Waals surface area contributed by atoms with Gasteiger partial charge in [-0.3, -0.25) is 4.79 Å². The van der Waals surface area contributed by atoms with Crippen molar-refractivity contribution in [1.82, 2.24) is 4.90 Å². The van der Waals surface area contributed by atoms with Gasteiger partial charge in [0.2, 0.25) is 5.91 Å². The zero-order chi connectivity index (χ0) is 14.4. The molecule has 1 aliphatic heterocycles. The molecule has 1 aliphatic rings. The van der Waals surface area contributed by atoms with Gasteiger partial charge in [0.05, 0.1) is 12.5 Å². The fourth-order valence-electron chi connectivity index (χ4n) is 2.92. The van der Waals surface area contributed by atoms with Crippen LogP contribution in [-0.2, 0) is 9.53 Å². The van der Waals surface area contributed by atoms with E-state index in [0.717, 1.165) is 38.1 Å². The Balaban J connectivity index is 0.00000220. The molecule has 2 unspecified atom stereocenters. The first kappa shape index (κ1) is 18.0. The highest BCUT2D eigenvalue weighted by molar-refractivity contribution is 5.85. The van der Waals surface area contributed by atoms with Crippen LogP contribution in [-0.4, -0.2) is 44.2 Å². The molecule has 5 heteroatoms. The van der Waals surface area contributed by atoms with Crippen molar-refractivity contribution in [2.75, 3.05) is 33.4 Å². The van der Waals surface area contributed by atoms with Crippen molar-refractivity contribution in [2.24, 2.45) is 11.7 Å². The molecule has 118 valence electrons. The Morgan fingerprint density at radius 1 is 1.43 bits per heavy atom. The molecule has 4 nitrogen and oxygen atoms in total. The number of hydrogen-bond acceptors (Lipinski definition) is 3. The molecule has 0 bridgehead atoms. The van der Waals surface area contributed by atoms with E-state index in [0.29, 0.717) is 12.5 Å². The molecule has 1 aromatic carbocycles. The van der Waals surface area contributed by atoms with Crippen LogP contribution in [0.2, 0.25) is 0 Å². The van der Waals surface area contributed by atoms with Gasteiger partial charge in [0.15, 0.2) is 0 Å². The van der Waals surface area contributed by atoms with Crippen molar-refractivity contribution in [2.45, 2.75) is 18.8 Å². The van der Waals surface area contributed by atoms with Crippen LogP contribution >= 0.6 is 12.4 Å². The number of likely N-dealkylation sites (tertiary alicyclic amines) is 1. The van der Waals surface area contributed by atoms with E-state index in [1.165, 1.54) is 0 Å². The Bertz CT molecular complexity index is 426. The topological polar surface area (TPSA) is 55.6 Å². The third-order valence-corrected chi connectivity index (χ3v) is 3.97. The van der Waals surface area contributed by atoms with E-state index in [9.17, 15) is 4.79 Å². The summed E-state index contributed by atoms with van der Waals surface area (Å²) in [6.07, 6.45) is 2.18. The zero-order valence-electron chi connectivity index (χ0n) is 12.5. The van der Waals surface area contributed by atoms with Crippen molar-refractivity contribution in [3.8, 4) is 0 Å². The van der Waals surface area contributed by atoms with Gasteiger partial charge < -0.3 is 15.4 Å². The van der Waals surface area contributed by atoms with Crippen LogP contribution in [0.15, 0.2) is 30.3 Å². The van der Waals surface area contributed by atoms with E-state index in [-0.39, 0.29) is 24.2 Å². The summed E-state index contributed by atoms with van der Waals surface area (Å²) in [7, 11) is 1.72. The third-order valence-electron chi connectivity index (χ3n) is 3.97. The summed E-state index contributed by atoms with van der Waals surface area (Å²) in [5, 5.41) is 0. The van der Waals surface area contributed by atoms with E-state index in [1.807, 2.05) is 35.2 Å². The van der Waals surface area contributed by atoms with Gasteiger partial charge in [0.1, 0.15) is 0 Å². The number of carbonyl (C=O) groups excluding carboxylic acids is 1. The summed E-state index contributed by atoms with van der Waals surface area (Å²) in [5.74, 6) is 0.379. The van der Waals surface area contributed by atoms with Gasteiger partial charge in [-0.15, -0.1) is 12.4 Å². The van der Waals surface area contributed by atoms with E-state index in [2.05, 4.69) is 0 Å². The van der Waals surface area contributed by atoms with Crippen LogP contribution in [0.25, 0.3) is 0 Å². The molecule has 2 rings (SSSR count). The van der Waals surface area contributed by atoms with E-state index >= 15 is 0 Å².